The molecule has 0 heterocycles. The van der Waals surface area contributed by atoms with Gasteiger partial charge in [0, 0.05) is 12.8 Å². The van der Waals surface area contributed by atoms with Crippen LogP contribution in [0.1, 0.15) is 32.1 Å². The lowest BCUT2D eigenvalue weighted by Crippen LogP contribution is -2.40. The summed E-state index contributed by atoms with van der Waals surface area (Å²) in [5.41, 5.74) is -1.07. The van der Waals surface area contributed by atoms with E-state index < -0.39 is 5.60 Å². The molecule has 1 atom stereocenters. The zero-order valence-corrected chi connectivity index (χ0v) is 6.68. The maximum atomic E-state index is 11.2. The molecule has 0 amide bonds. The topological polar surface area (TPSA) is 37.3 Å². The fraction of sp³-hybridized carbons (Fsp3) is 0.667. The first-order valence-corrected chi connectivity index (χ1v) is 4.05. The third kappa shape index (κ3) is 1.69. The maximum Gasteiger partial charge on any atom is 0.164 e. The van der Waals surface area contributed by atoms with E-state index in [1.54, 1.807) is 6.08 Å². The molecule has 0 saturated heterocycles. The van der Waals surface area contributed by atoms with Crippen molar-refractivity contribution in [1.82, 2.24) is 0 Å². The molecule has 1 aliphatic carbocycles. The predicted molar refractivity (Wildman–Crippen MR) is 43.2 cm³/mol. The fourth-order valence-corrected chi connectivity index (χ4v) is 1.53. The van der Waals surface area contributed by atoms with Gasteiger partial charge in [0.15, 0.2) is 5.78 Å². The molecular weight excluding hydrogens is 140 g/mol. The van der Waals surface area contributed by atoms with E-state index >= 15 is 0 Å². The lowest BCUT2D eigenvalue weighted by molar-refractivity contribution is -0.140. The van der Waals surface area contributed by atoms with Crippen LogP contribution in [0.4, 0.5) is 0 Å². The average Bonchev–Trinajstić information content (AvgIpc) is 1.96. The highest BCUT2D eigenvalue weighted by atomic mass is 16.3. The summed E-state index contributed by atoms with van der Waals surface area (Å²) in [6.45, 7) is 3.52. The molecule has 0 aromatic heterocycles. The largest absolute Gasteiger partial charge is 0.382 e. The number of Topliss-reactive ketones (excluding diaryl/α,β-unsaturated/α-hetero) is 1. The Hall–Kier alpha value is -0.630. The summed E-state index contributed by atoms with van der Waals surface area (Å²) in [5.74, 6) is -0.0105. The molecule has 1 rings (SSSR count). The summed E-state index contributed by atoms with van der Waals surface area (Å²) in [7, 11) is 0. The molecule has 2 heteroatoms. The zero-order valence-electron chi connectivity index (χ0n) is 6.68. The molecule has 0 aliphatic heterocycles. The van der Waals surface area contributed by atoms with Crippen molar-refractivity contribution < 1.29 is 9.90 Å². The normalized spacial score (nSPS) is 31.9. The third-order valence-corrected chi connectivity index (χ3v) is 2.25. The quantitative estimate of drug-likeness (QED) is 0.611. The van der Waals surface area contributed by atoms with E-state index in [0.29, 0.717) is 19.3 Å². The van der Waals surface area contributed by atoms with Crippen LogP contribution in [0.25, 0.3) is 0 Å². The van der Waals surface area contributed by atoms with Gasteiger partial charge in [-0.3, -0.25) is 4.79 Å². The second kappa shape index (κ2) is 3.18. The van der Waals surface area contributed by atoms with Gasteiger partial charge in [-0.15, -0.1) is 6.58 Å². The average molecular weight is 154 g/mol. The van der Waals surface area contributed by atoms with E-state index in [2.05, 4.69) is 6.58 Å². The van der Waals surface area contributed by atoms with Crippen LogP contribution >= 0.6 is 0 Å². The first kappa shape index (κ1) is 8.47. The van der Waals surface area contributed by atoms with Gasteiger partial charge >= 0.3 is 0 Å². The minimum Gasteiger partial charge on any atom is -0.382 e. The number of carbonyl (C=O) groups excluding carboxylic acids is 1. The molecular formula is C9H14O2. The SMILES string of the molecule is C=CC[C@]1(O)CCCCC1=O. The molecule has 0 aromatic rings. The molecule has 11 heavy (non-hydrogen) atoms. The van der Waals surface area contributed by atoms with Gasteiger partial charge in [0.2, 0.25) is 0 Å². The van der Waals surface area contributed by atoms with Crippen LogP contribution in [0, 0.1) is 0 Å². The highest BCUT2D eigenvalue weighted by molar-refractivity contribution is 5.87. The molecule has 62 valence electrons. The number of hydrogen-bond donors (Lipinski definition) is 1. The van der Waals surface area contributed by atoms with Crippen molar-refractivity contribution >= 4 is 5.78 Å². The second-order valence-electron chi connectivity index (χ2n) is 3.15. The van der Waals surface area contributed by atoms with Crippen LogP contribution < -0.4 is 0 Å². The number of rotatable bonds is 2. The van der Waals surface area contributed by atoms with Gasteiger partial charge in [-0.05, 0) is 19.3 Å². The molecule has 0 unspecified atom stereocenters. The van der Waals surface area contributed by atoms with Crippen molar-refractivity contribution in [2.75, 3.05) is 0 Å². The summed E-state index contributed by atoms with van der Waals surface area (Å²) in [6.07, 6.45) is 5.05. The number of aliphatic hydroxyl groups is 1. The first-order chi connectivity index (χ1) is 5.19. The Kier molecular flexibility index (Phi) is 2.45. The van der Waals surface area contributed by atoms with Gasteiger partial charge in [-0.1, -0.05) is 6.08 Å². The van der Waals surface area contributed by atoms with E-state index in [4.69, 9.17) is 0 Å². The van der Waals surface area contributed by atoms with Gasteiger partial charge in [0.25, 0.3) is 0 Å². The van der Waals surface area contributed by atoms with E-state index in [-0.39, 0.29) is 5.78 Å². The van der Waals surface area contributed by atoms with Crippen LogP contribution in [0.15, 0.2) is 12.7 Å². The van der Waals surface area contributed by atoms with E-state index in [0.717, 1.165) is 12.8 Å². The molecule has 0 spiro atoms. The van der Waals surface area contributed by atoms with Crippen molar-refractivity contribution in [3.8, 4) is 0 Å². The minimum atomic E-state index is -1.07. The monoisotopic (exact) mass is 154 g/mol. The van der Waals surface area contributed by atoms with Gasteiger partial charge < -0.3 is 5.11 Å². The van der Waals surface area contributed by atoms with Gasteiger partial charge in [-0.25, -0.2) is 0 Å². The first-order valence-electron chi connectivity index (χ1n) is 4.05. The fourth-order valence-electron chi connectivity index (χ4n) is 1.53. The predicted octanol–water partition coefficient (Wildman–Crippen LogP) is 1.44. The molecule has 1 N–H and O–H groups in total. The van der Waals surface area contributed by atoms with Crippen molar-refractivity contribution in [2.24, 2.45) is 0 Å². The number of ketones is 1. The standard InChI is InChI=1S/C9H14O2/c1-2-6-9(11)7-4-3-5-8(9)10/h2,11H,1,3-7H2/t9-/m0/s1. The Morgan fingerprint density at radius 2 is 2.36 bits per heavy atom. The third-order valence-electron chi connectivity index (χ3n) is 2.25. The Balaban J connectivity index is 2.64. The molecule has 0 radical (unpaired) electrons. The summed E-state index contributed by atoms with van der Waals surface area (Å²) in [6, 6.07) is 0. The van der Waals surface area contributed by atoms with Gasteiger partial charge in [-0.2, -0.15) is 0 Å². The Morgan fingerprint density at radius 3 is 2.91 bits per heavy atom. The summed E-state index contributed by atoms with van der Waals surface area (Å²) in [5, 5.41) is 9.72. The van der Waals surface area contributed by atoms with Crippen LogP contribution in [0.3, 0.4) is 0 Å². The Morgan fingerprint density at radius 1 is 1.64 bits per heavy atom. The van der Waals surface area contributed by atoms with E-state index in [9.17, 15) is 9.90 Å². The van der Waals surface area contributed by atoms with Gasteiger partial charge in [0.1, 0.15) is 5.60 Å². The Bertz CT molecular complexity index is 174. The molecule has 1 aliphatic rings. The van der Waals surface area contributed by atoms with Crippen LogP contribution in [0.5, 0.6) is 0 Å². The molecule has 0 bridgehead atoms. The van der Waals surface area contributed by atoms with Crippen LogP contribution in [0.2, 0.25) is 0 Å². The van der Waals surface area contributed by atoms with Crippen LogP contribution in [-0.4, -0.2) is 16.5 Å². The number of carbonyl (C=O) groups is 1. The van der Waals surface area contributed by atoms with Crippen molar-refractivity contribution in [3.05, 3.63) is 12.7 Å². The lowest BCUT2D eigenvalue weighted by atomic mass is 9.81. The lowest BCUT2D eigenvalue weighted by Gasteiger charge is -2.29. The number of hydrogen-bond acceptors (Lipinski definition) is 2. The van der Waals surface area contributed by atoms with Gasteiger partial charge in [0.05, 0.1) is 0 Å². The van der Waals surface area contributed by atoms with Crippen molar-refractivity contribution in [3.63, 3.8) is 0 Å². The summed E-state index contributed by atoms with van der Waals surface area (Å²) in [4.78, 5) is 11.2. The minimum absolute atomic E-state index is 0.0105. The smallest absolute Gasteiger partial charge is 0.164 e. The molecule has 0 aromatic carbocycles. The summed E-state index contributed by atoms with van der Waals surface area (Å²) < 4.78 is 0. The highest BCUT2D eigenvalue weighted by Gasteiger charge is 2.35. The Labute approximate surface area is 66.9 Å². The molecule has 1 saturated carbocycles. The van der Waals surface area contributed by atoms with Crippen molar-refractivity contribution in [2.45, 2.75) is 37.7 Å². The summed E-state index contributed by atoms with van der Waals surface area (Å²) >= 11 is 0. The van der Waals surface area contributed by atoms with E-state index in [1.807, 2.05) is 0 Å². The second-order valence-corrected chi connectivity index (χ2v) is 3.15. The van der Waals surface area contributed by atoms with Crippen molar-refractivity contribution in [1.29, 1.82) is 0 Å². The maximum absolute atomic E-state index is 11.2. The zero-order chi connectivity index (χ0) is 8.32. The molecule has 2 nitrogen and oxygen atoms in total. The van der Waals surface area contributed by atoms with Crippen LogP contribution in [-0.2, 0) is 4.79 Å². The highest BCUT2D eigenvalue weighted by Crippen LogP contribution is 2.27. The molecule has 1 fully saturated rings. The van der Waals surface area contributed by atoms with E-state index in [1.165, 1.54) is 0 Å².